The molecular formula is C10H10ClFO3. The predicted octanol–water partition coefficient (Wildman–Crippen LogP) is 2.32. The van der Waals surface area contributed by atoms with E-state index in [2.05, 4.69) is 0 Å². The number of carbonyl (C=O) groups excluding carboxylic acids is 1. The van der Waals surface area contributed by atoms with Crippen LogP contribution in [0.3, 0.4) is 0 Å². The molecule has 0 atom stereocenters. The van der Waals surface area contributed by atoms with Gasteiger partial charge in [-0.05, 0) is 6.92 Å². The van der Waals surface area contributed by atoms with Crippen molar-refractivity contribution in [2.24, 2.45) is 0 Å². The van der Waals surface area contributed by atoms with Gasteiger partial charge < -0.3 is 9.84 Å². The fraction of sp³-hybridized carbons (Fsp3) is 0.300. The first-order chi connectivity index (χ1) is 6.97. The van der Waals surface area contributed by atoms with E-state index in [1.807, 2.05) is 0 Å². The highest BCUT2D eigenvalue weighted by Gasteiger charge is 2.18. The van der Waals surface area contributed by atoms with Crippen molar-refractivity contribution >= 4 is 17.4 Å². The van der Waals surface area contributed by atoms with Gasteiger partial charge in [-0.1, -0.05) is 11.6 Å². The third kappa shape index (κ3) is 2.39. The summed E-state index contributed by atoms with van der Waals surface area (Å²) in [7, 11) is 1.28. The Kier molecular flexibility index (Phi) is 3.52. The molecule has 0 radical (unpaired) electrons. The lowest BCUT2D eigenvalue weighted by molar-refractivity contribution is -0.116. The Bertz CT molecular complexity index is 404. The fourth-order valence-corrected chi connectivity index (χ4v) is 1.42. The Hall–Kier alpha value is -1.29. The molecule has 0 aliphatic rings. The maximum absolute atomic E-state index is 13.6. The van der Waals surface area contributed by atoms with E-state index in [-0.39, 0.29) is 28.5 Å². The van der Waals surface area contributed by atoms with Crippen LogP contribution in [-0.4, -0.2) is 18.0 Å². The summed E-state index contributed by atoms with van der Waals surface area (Å²) in [6, 6.07) is 1.16. The number of hydrogen-bond acceptors (Lipinski definition) is 3. The van der Waals surface area contributed by atoms with Crippen molar-refractivity contribution in [1.82, 2.24) is 0 Å². The van der Waals surface area contributed by atoms with Gasteiger partial charge in [0.05, 0.1) is 12.1 Å². The summed E-state index contributed by atoms with van der Waals surface area (Å²) in [4.78, 5) is 10.9. The van der Waals surface area contributed by atoms with E-state index in [9.17, 15) is 14.3 Å². The highest BCUT2D eigenvalue weighted by Crippen LogP contribution is 2.35. The number of Topliss-reactive ketones (excluding diaryl/α,β-unsaturated/α-hetero) is 1. The number of halogens is 2. The molecule has 3 nitrogen and oxygen atoms in total. The number of phenolic OH excluding ortho intramolecular Hbond substituents is 1. The first-order valence-corrected chi connectivity index (χ1v) is 4.58. The molecule has 0 saturated carbocycles. The van der Waals surface area contributed by atoms with Gasteiger partial charge in [0.15, 0.2) is 11.6 Å². The molecule has 0 fully saturated rings. The van der Waals surface area contributed by atoms with E-state index in [4.69, 9.17) is 16.3 Å². The minimum Gasteiger partial charge on any atom is -0.506 e. The van der Waals surface area contributed by atoms with E-state index in [0.29, 0.717) is 0 Å². The molecule has 1 rings (SSSR count). The Morgan fingerprint density at radius 1 is 1.67 bits per heavy atom. The molecule has 82 valence electrons. The van der Waals surface area contributed by atoms with Gasteiger partial charge in [-0.25, -0.2) is 4.39 Å². The molecule has 0 amide bonds. The van der Waals surface area contributed by atoms with Gasteiger partial charge in [0.25, 0.3) is 0 Å². The highest BCUT2D eigenvalue weighted by molar-refractivity contribution is 6.32. The van der Waals surface area contributed by atoms with E-state index >= 15 is 0 Å². The van der Waals surface area contributed by atoms with E-state index < -0.39 is 11.6 Å². The Morgan fingerprint density at radius 3 is 2.73 bits per heavy atom. The standard InChI is InChI=1S/C10H10ClFO3/c1-5(13)3-6-9(12)8(15-2)4-7(11)10(6)14/h4,14H,3H2,1-2H3. The van der Waals surface area contributed by atoms with Crippen molar-refractivity contribution in [2.45, 2.75) is 13.3 Å². The van der Waals surface area contributed by atoms with Crippen LogP contribution in [-0.2, 0) is 11.2 Å². The summed E-state index contributed by atoms with van der Waals surface area (Å²) in [6.45, 7) is 1.30. The smallest absolute Gasteiger partial charge is 0.172 e. The molecule has 1 N–H and O–H groups in total. The number of ether oxygens (including phenoxy) is 1. The molecule has 0 spiro atoms. The molecule has 0 saturated heterocycles. The first-order valence-electron chi connectivity index (χ1n) is 4.20. The Labute approximate surface area is 91.4 Å². The van der Waals surface area contributed by atoms with Gasteiger partial charge in [0.2, 0.25) is 0 Å². The van der Waals surface area contributed by atoms with Crippen LogP contribution >= 0.6 is 11.6 Å². The molecule has 0 aliphatic heterocycles. The summed E-state index contributed by atoms with van der Waals surface area (Å²) in [5, 5.41) is 9.43. The summed E-state index contributed by atoms with van der Waals surface area (Å²) in [5.74, 6) is -1.53. The lowest BCUT2D eigenvalue weighted by atomic mass is 10.1. The molecular weight excluding hydrogens is 223 g/mol. The zero-order valence-electron chi connectivity index (χ0n) is 8.30. The van der Waals surface area contributed by atoms with Crippen LogP contribution < -0.4 is 4.74 Å². The number of ketones is 1. The number of phenols is 1. The van der Waals surface area contributed by atoms with Gasteiger partial charge in [-0.15, -0.1) is 0 Å². The second-order valence-corrected chi connectivity index (χ2v) is 3.49. The zero-order chi connectivity index (χ0) is 11.6. The van der Waals surface area contributed by atoms with Crippen molar-refractivity contribution < 1.29 is 19.0 Å². The van der Waals surface area contributed by atoms with Crippen molar-refractivity contribution in [3.05, 3.63) is 22.5 Å². The van der Waals surface area contributed by atoms with Crippen molar-refractivity contribution in [2.75, 3.05) is 7.11 Å². The Balaban J connectivity index is 3.33. The molecule has 0 bridgehead atoms. The SMILES string of the molecule is COc1cc(Cl)c(O)c(CC(C)=O)c1F. The first kappa shape index (κ1) is 11.8. The van der Waals surface area contributed by atoms with E-state index in [0.717, 1.165) is 6.07 Å². The predicted molar refractivity (Wildman–Crippen MR) is 54.0 cm³/mol. The molecule has 1 aromatic carbocycles. The lowest BCUT2D eigenvalue weighted by Gasteiger charge is -2.10. The number of rotatable bonds is 3. The summed E-state index contributed by atoms with van der Waals surface area (Å²) in [5.41, 5.74) is -0.133. The largest absolute Gasteiger partial charge is 0.506 e. The molecule has 0 heterocycles. The van der Waals surface area contributed by atoms with E-state index in [1.54, 1.807) is 0 Å². The summed E-state index contributed by atoms with van der Waals surface area (Å²) < 4.78 is 18.3. The monoisotopic (exact) mass is 232 g/mol. The number of benzene rings is 1. The van der Waals surface area contributed by atoms with Crippen LogP contribution in [0.5, 0.6) is 11.5 Å². The maximum atomic E-state index is 13.6. The number of hydrogen-bond donors (Lipinski definition) is 1. The van der Waals surface area contributed by atoms with Crippen LogP contribution in [0, 0.1) is 5.82 Å². The van der Waals surface area contributed by atoms with Gasteiger partial charge in [-0.2, -0.15) is 0 Å². The van der Waals surface area contributed by atoms with Crippen LogP contribution in [0.4, 0.5) is 4.39 Å². The van der Waals surface area contributed by atoms with Gasteiger partial charge >= 0.3 is 0 Å². The van der Waals surface area contributed by atoms with Gasteiger partial charge in [-0.3, -0.25) is 4.79 Å². The topological polar surface area (TPSA) is 46.5 Å². The third-order valence-corrected chi connectivity index (χ3v) is 2.18. The lowest BCUT2D eigenvalue weighted by Crippen LogP contribution is -2.02. The minimum absolute atomic E-state index is 0.0375. The zero-order valence-corrected chi connectivity index (χ0v) is 9.06. The number of methoxy groups -OCH3 is 1. The van der Waals surface area contributed by atoms with Crippen LogP contribution in [0.25, 0.3) is 0 Å². The van der Waals surface area contributed by atoms with Crippen molar-refractivity contribution in [3.8, 4) is 11.5 Å². The Morgan fingerprint density at radius 2 is 2.27 bits per heavy atom. The quantitative estimate of drug-likeness (QED) is 0.870. The number of carbonyl (C=O) groups is 1. The normalized spacial score (nSPS) is 10.1. The van der Waals surface area contributed by atoms with Crippen LogP contribution in [0.15, 0.2) is 6.07 Å². The molecule has 0 aliphatic carbocycles. The second-order valence-electron chi connectivity index (χ2n) is 3.08. The summed E-state index contributed by atoms with van der Waals surface area (Å²) in [6.07, 6.45) is -0.214. The highest BCUT2D eigenvalue weighted by atomic mass is 35.5. The van der Waals surface area contributed by atoms with Gasteiger partial charge in [0, 0.05) is 18.1 Å². The van der Waals surface area contributed by atoms with Crippen LogP contribution in [0.2, 0.25) is 5.02 Å². The van der Waals surface area contributed by atoms with Crippen LogP contribution in [0.1, 0.15) is 12.5 Å². The second kappa shape index (κ2) is 4.49. The van der Waals surface area contributed by atoms with Crippen molar-refractivity contribution in [1.29, 1.82) is 0 Å². The number of aromatic hydroxyl groups is 1. The van der Waals surface area contributed by atoms with Crippen molar-refractivity contribution in [3.63, 3.8) is 0 Å². The molecule has 5 heteroatoms. The molecule has 0 aromatic heterocycles. The average Bonchev–Trinajstić information content (AvgIpc) is 2.18. The maximum Gasteiger partial charge on any atom is 0.172 e. The molecule has 0 unspecified atom stereocenters. The minimum atomic E-state index is -0.755. The third-order valence-electron chi connectivity index (χ3n) is 1.90. The molecule has 1 aromatic rings. The van der Waals surface area contributed by atoms with E-state index in [1.165, 1.54) is 14.0 Å². The average molecular weight is 233 g/mol. The van der Waals surface area contributed by atoms with Gasteiger partial charge in [0.1, 0.15) is 11.5 Å². The molecule has 15 heavy (non-hydrogen) atoms. The summed E-state index contributed by atoms with van der Waals surface area (Å²) >= 11 is 5.65. The fourth-order valence-electron chi connectivity index (χ4n) is 1.20.